The van der Waals surface area contributed by atoms with Crippen LogP contribution in [0, 0.1) is 0 Å². The normalized spacial score (nSPS) is 10.8. The van der Waals surface area contributed by atoms with Crippen LogP contribution in [0.3, 0.4) is 0 Å². The Balaban J connectivity index is 1.50. The third-order valence-corrected chi connectivity index (χ3v) is 3.44. The zero-order valence-electron chi connectivity index (χ0n) is 14.0. The number of aromatic nitrogens is 2. The highest BCUT2D eigenvalue weighted by Gasteiger charge is 2.14. The van der Waals surface area contributed by atoms with E-state index in [-0.39, 0.29) is 25.0 Å². The lowest BCUT2D eigenvalue weighted by molar-refractivity contribution is -0.148. The van der Waals surface area contributed by atoms with Gasteiger partial charge >= 0.3 is 5.97 Å². The van der Waals surface area contributed by atoms with Gasteiger partial charge < -0.3 is 18.3 Å². The Hall–Kier alpha value is -3.09. The van der Waals surface area contributed by atoms with Crippen LogP contribution >= 0.6 is 0 Å². The number of carbonyl (C=O) groups excluding carboxylic acids is 1. The molecule has 0 saturated heterocycles. The van der Waals surface area contributed by atoms with Gasteiger partial charge in [0.15, 0.2) is 19.0 Å². The molecule has 0 aliphatic heterocycles. The molecule has 0 aliphatic carbocycles. The molecule has 2 aromatic heterocycles. The third-order valence-electron chi connectivity index (χ3n) is 3.44. The van der Waals surface area contributed by atoms with E-state index in [4.69, 9.17) is 18.3 Å². The molecule has 0 spiro atoms. The summed E-state index contributed by atoms with van der Waals surface area (Å²) in [4.78, 5) is 11.9. The second-order valence-corrected chi connectivity index (χ2v) is 5.62. The Morgan fingerprint density at radius 3 is 2.76 bits per heavy atom. The van der Waals surface area contributed by atoms with Crippen molar-refractivity contribution in [3.63, 3.8) is 0 Å². The topological polar surface area (TPSA) is 87.6 Å². The third kappa shape index (κ3) is 4.26. The minimum Gasteiger partial charge on any atom is -0.482 e. The molecule has 3 rings (SSSR count). The average Bonchev–Trinajstić information content (AvgIpc) is 3.29. The Morgan fingerprint density at radius 1 is 1.16 bits per heavy atom. The van der Waals surface area contributed by atoms with Gasteiger partial charge in [0.05, 0.1) is 6.26 Å². The molecule has 2 heterocycles. The quantitative estimate of drug-likeness (QED) is 0.606. The van der Waals surface area contributed by atoms with Gasteiger partial charge in [0.2, 0.25) is 0 Å². The fourth-order valence-electron chi connectivity index (χ4n) is 2.22. The van der Waals surface area contributed by atoms with Crippen LogP contribution in [0.5, 0.6) is 5.75 Å². The van der Waals surface area contributed by atoms with E-state index in [1.165, 1.54) is 6.26 Å². The molecule has 0 bridgehead atoms. The summed E-state index contributed by atoms with van der Waals surface area (Å²) in [6.07, 6.45) is 1.51. The number of para-hydroxylation sites is 1. The molecule has 0 amide bonds. The van der Waals surface area contributed by atoms with Crippen LogP contribution in [0.25, 0.3) is 11.7 Å². The molecular formula is C18H18N2O5. The van der Waals surface area contributed by atoms with Crippen LogP contribution in [0.15, 0.2) is 51.5 Å². The van der Waals surface area contributed by atoms with Crippen molar-refractivity contribution in [3.8, 4) is 17.4 Å². The van der Waals surface area contributed by atoms with E-state index in [0.29, 0.717) is 17.4 Å². The van der Waals surface area contributed by atoms with E-state index in [1.54, 1.807) is 12.1 Å². The highest BCUT2D eigenvalue weighted by Crippen LogP contribution is 2.25. The molecule has 3 aromatic rings. The number of benzene rings is 1. The van der Waals surface area contributed by atoms with Gasteiger partial charge in [-0.15, -0.1) is 10.2 Å². The van der Waals surface area contributed by atoms with E-state index >= 15 is 0 Å². The maximum absolute atomic E-state index is 11.9. The lowest BCUT2D eigenvalue weighted by Gasteiger charge is -2.13. The Bertz CT molecular complexity index is 824. The van der Waals surface area contributed by atoms with Crippen LogP contribution in [0.1, 0.15) is 31.2 Å². The van der Waals surface area contributed by atoms with Gasteiger partial charge in [-0.3, -0.25) is 0 Å². The molecular weight excluding hydrogens is 324 g/mol. The van der Waals surface area contributed by atoms with Crippen molar-refractivity contribution in [3.05, 3.63) is 54.1 Å². The summed E-state index contributed by atoms with van der Waals surface area (Å²) in [5.74, 6) is 1.33. The minimum atomic E-state index is -0.517. The number of hydrogen-bond donors (Lipinski definition) is 0. The Kier molecular flexibility index (Phi) is 5.13. The summed E-state index contributed by atoms with van der Waals surface area (Å²) in [7, 11) is 0. The number of ether oxygens (including phenoxy) is 2. The maximum atomic E-state index is 11.9. The first-order chi connectivity index (χ1) is 12.1. The zero-order valence-corrected chi connectivity index (χ0v) is 14.0. The van der Waals surface area contributed by atoms with Crippen molar-refractivity contribution in [1.82, 2.24) is 10.2 Å². The summed E-state index contributed by atoms with van der Waals surface area (Å²) in [6.45, 7) is 3.81. The van der Waals surface area contributed by atoms with Gasteiger partial charge in [-0.25, -0.2) is 4.79 Å². The van der Waals surface area contributed by atoms with Crippen molar-refractivity contribution >= 4 is 5.97 Å². The lowest BCUT2D eigenvalue weighted by atomic mass is 10.0. The molecule has 7 heteroatoms. The predicted molar refractivity (Wildman–Crippen MR) is 87.8 cm³/mol. The number of hydrogen-bond acceptors (Lipinski definition) is 7. The molecule has 0 unspecified atom stereocenters. The summed E-state index contributed by atoms with van der Waals surface area (Å²) >= 11 is 0. The molecule has 25 heavy (non-hydrogen) atoms. The SMILES string of the molecule is CC(C)c1ccccc1OCC(=O)OCc1nnc(-c2ccco2)o1. The molecule has 0 radical (unpaired) electrons. The standard InChI is InChI=1S/C18H18N2O5/c1-12(2)13-6-3-4-7-14(13)23-11-17(21)24-10-16-19-20-18(25-16)15-8-5-9-22-15/h3-9,12H,10-11H2,1-2H3. The fourth-order valence-corrected chi connectivity index (χ4v) is 2.22. The van der Waals surface area contributed by atoms with Gasteiger partial charge in [-0.2, -0.15) is 0 Å². The molecule has 0 N–H and O–H groups in total. The van der Waals surface area contributed by atoms with E-state index in [2.05, 4.69) is 24.0 Å². The molecule has 130 valence electrons. The number of nitrogens with zero attached hydrogens (tertiary/aromatic N) is 2. The van der Waals surface area contributed by atoms with Gasteiger partial charge in [-0.05, 0) is 29.7 Å². The predicted octanol–water partition coefficient (Wildman–Crippen LogP) is 3.58. The van der Waals surface area contributed by atoms with Crippen LogP contribution in [-0.2, 0) is 16.1 Å². The summed E-state index contributed by atoms with van der Waals surface area (Å²) in [6, 6.07) is 11.0. The summed E-state index contributed by atoms with van der Waals surface area (Å²) < 4.78 is 21.2. The first kappa shape index (κ1) is 16.8. The lowest BCUT2D eigenvalue weighted by Crippen LogP contribution is -2.15. The van der Waals surface area contributed by atoms with Crippen LogP contribution in [0.4, 0.5) is 0 Å². The van der Waals surface area contributed by atoms with Gasteiger partial charge in [0.25, 0.3) is 11.8 Å². The second-order valence-electron chi connectivity index (χ2n) is 5.62. The molecule has 0 aliphatic rings. The van der Waals surface area contributed by atoms with Crippen molar-refractivity contribution < 1.29 is 23.1 Å². The second kappa shape index (κ2) is 7.65. The van der Waals surface area contributed by atoms with Crippen LogP contribution in [-0.4, -0.2) is 22.8 Å². The summed E-state index contributed by atoms with van der Waals surface area (Å²) in [5, 5.41) is 7.63. The maximum Gasteiger partial charge on any atom is 0.344 e. The highest BCUT2D eigenvalue weighted by atomic mass is 16.6. The molecule has 1 aromatic carbocycles. The zero-order chi connectivity index (χ0) is 17.6. The minimum absolute atomic E-state index is 0.123. The van der Waals surface area contributed by atoms with E-state index < -0.39 is 5.97 Å². The van der Waals surface area contributed by atoms with E-state index in [9.17, 15) is 4.79 Å². The number of furan rings is 1. The summed E-state index contributed by atoms with van der Waals surface area (Å²) in [5.41, 5.74) is 1.04. The Labute approximate surface area is 144 Å². The Morgan fingerprint density at radius 2 is 2.00 bits per heavy atom. The van der Waals surface area contributed by atoms with E-state index in [0.717, 1.165) is 5.56 Å². The van der Waals surface area contributed by atoms with Gasteiger partial charge in [-0.1, -0.05) is 32.0 Å². The molecule has 0 atom stereocenters. The van der Waals surface area contributed by atoms with Crippen molar-refractivity contribution in [1.29, 1.82) is 0 Å². The van der Waals surface area contributed by atoms with Crippen molar-refractivity contribution in [2.24, 2.45) is 0 Å². The van der Waals surface area contributed by atoms with E-state index in [1.807, 2.05) is 24.3 Å². The number of carbonyl (C=O) groups is 1. The number of esters is 1. The first-order valence-corrected chi connectivity index (χ1v) is 7.87. The number of rotatable bonds is 7. The smallest absolute Gasteiger partial charge is 0.344 e. The van der Waals surface area contributed by atoms with Gasteiger partial charge in [0, 0.05) is 0 Å². The molecule has 7 nitrogen and oxygen atoms in total. The fraction of sp³-hybridized carbons (Fsp3) is 0.278. The van der Waals surface area contributed by atoms with Crippen LogP contribution in [0.2, 0.25) is 0 Å². The highest BCUT2D eigenvalue weighted by molar-refractivity contribution is 5.71. The van der Waals surface area contributed by atoms with Gasteiger partial charge in [0.1, 0.15) is 5.75 Å². The van der Waals surface area contributed by atoms with Crippen molar-refractivity contribution in [2.75, 3.05) is 6.61 Å². The first-order valence-electron chi connectivity index (χ1n) is 7.87. The van der Waals surface area contributed by atoms with Crippen LogP contribution < -0.4 is 4.74 Å². The monoisotopic (exact) mass is 342 g/mol. The average molecular weight is 342 g/mol. The largest absolute Gasteiger partial charge is 0.482 e. The van der Waals surface area contributed by atoms with Crippen molar-refractivity contribution in [2.45, 2.75) is 26.4 Å². The molecule has 0 saturated carbocycles. The molecule has 0 fully saturated rings.